The number of nitriles is 1. The number of benzene rings is 1. The highest BCUT2D eigenvalue weighted by Crippen LogP contribution is 2.43. The molecule has 0 radical (unpaired) electrons. The number of nitrogens with two attached hydrogens (primary N) is 1. The fourth-order valence-corrected chi connectivity index (χ4v) is 3.48. The molecule has 0 spiro atoms. The fourth-order valence-electron chi connectivity index (χ4n) is 3.48. The van der Waals surface area contributed by atoms with Gasteiger partial charge in [0, 0.05) is 19.1 Å². The zero-order chi connectivity index (χ0) is 15.0. The highest BCUT2D eigenvalue weighted by Gasteiger charge is 2.40. The third kappa shape index (κ3) is 2.35. The number of methoxy groups -OCH3 is 2. The third-order valence-electron chi connectivity index (χ3n) is 4.74. The molecule has 0 aliphatic carbocycles. The first-order valence-electron chi connectivity index (χ1n) is 7.29. The van der Waals surface area contributed by atoms with Crippen molar-refractivity contribution < 1.29 is 9.47 Å². The van der Waals surface area contributed by atoms with E-state index in [0.29, 0.717) is 6.42 Å². The fraction of sp³-hybridized carbons (Fsp3) is 0.562. The molecule has 1 aromatic carbocycles. The minimum Gasteiger partial charge on any atom is -0.493 e. The minimum absolute atomic E-state index is 0.201. The first-order chi connectivity index (χ1) is 10.1. The van der Waals surface area contributed by atoms with Crippen LogP contribution < -0.4 is 15.2 Å². The van der Waals surface area contributed by atoms with Crippen LogP contribution in [0.4, 0.5) is 0 Å². The second kappa shape index (κ2) is 5.21. The van der Waals surface area contributed by atoms with Crippen molar-refractivity contribution >= 4 is 0 Å². The maximum Gasteiger partial charge on any atom is 0.161 e. The van der Waals surface area contributed by atoms with Crippen molar-refractivity contribution in [2.24, 2.45) is 5.73 Å². The molecule has 1 fully saturated rings. The molecule has 2 aliphatic heterocycles. The maximum absolute atomic E-state index is 9.33. The van der Waals surface area contributed by atoms with Crippen molar-refractivity contribution in [2.45, 2.75) is 30.8 Å². The lowest BCUT2D eigenvalue weighted by atomic mass is 9.79. The van der Waals surface area contributed by atoms with Crippen LogP contribution in [0.2, 0.25) is 0 Å². The van der Waals surface area contributed by atoms with Crippen molar-refractivity contribution in [1.82, 2.24) is 4.90 Å². The van der Waals surface area contributed by atoms with Crippen LogP contribution in [0.25, 0.3) is 0 Å². The molecule has 5 nitrogen and oxygen atoms in total. The summed E-state index contributed by atoms with van der Waals surface area (Å²) in [7, 11) is 3.30. The van der Waals surface area contributed by atoms with E-state index in [1.165, 1.54) is 11.1 Å². The van der Waals surface area contributed by atoms with Crippen molar-refractivity contribution in [3.63, 3.8) is 0 Å². The monoisotopic (exact) mass is 287 g/mol. The number of hydrogen-bond acceptors (Lipinski definition) is 5. The van der Waals surface area contributed by atoms with Crippen LogP contribution in [0.5, 0.6) is 11.5 Å². The van der Waals surface area contributed by atoms with E-state index in [2.05, 4.69) is 17.0 Å². The lowest BCUT2D eigenvalue weighted by molar-refractivity contribution is 0.106. The molecular weight excluding hydrogens is 266 g/mol. The van der Waals surface area contributed by atoms with E-state index in [-0.39, 0.29) is 6.04 Å². The van der Waals surface area contributed by atoms with E-state index in [4.69, 9.17) is 15.2 Å². The van der Waals surface area contributed by atoms with Gasteiger partial charge in [0.1, 0.15) is 5.54 Å². The molecule has 2 aliphatic rings. The molecule has 0 bridgehead atoms. The van der Waals surface area contributed by atoms with Crippen LogP contribution in [-0.4, -0.2) is 37.7 Å². The average Bonchev–Trinajstić information content (AvgIpc) is 2.53. The number of rotatable bonds is 2. The summed E-state index contributed by atoms with van der Waals surface area (Å²) >= 11 is 0. The van der Waals surface area contributed by atoms with Gasteiger partial charge in [-0.15, -0.1) is 0 Å². The largest absolute Gasteiger partial charge is 0.493 e. The van der Waals surface area contributed by atoms with Gasteiger partial charge in [0.2, 0.25) is 0 Å². The lowest BCUT2D eigenvalue weighted by Gasteiger charge is -2.45. The Kier molecular flexibility index (Phi) is 3.52. The summed E-state index contributed by atoms with van der Waals surface area (Å²) in [4.78, 5) is 2.43. The van der Waals surface area contributed by atoms with Crippen LogP contribution >= 0.6 is 0 Å². The van der Waals surface area contributed by atoms with Gasteiger partial charge in [-0.25, -0.2) is 0 Å². The second-order valence-electron chi connectivity index (χ2n) is 5.93. The van der Waals surface area contributed by atoms with Crippen molar-refractivity contribution in [2.75, 3.05) is 27.3 Å². The first-order valence-corrected chi connectivity index (χ1v) is 7.29. The van der Waals surface area contributed by atoms with Gasteiger partial charge in [-0.3, -0.25) is 4.90 Å². The van der Waals surface area contributed by atoms with E-state index < -0.39 is 5.54 Å². The Bertz CT molecular complexity index is 596. The number of piperidine rings is 1. The molecule has 0 saturated carbocycles. The molecular formula is C16H21N3O2. The molecule has 5 heteroatoms. The van der Waals surface area contributed by atoms with E-state index in [9.17, 15) is 5.26 Å². The van der Waals surface area contributed by atoms with Gasteiger partial charge in [0.15, 0.2) is 11.5 Å². The Labute approximate surface area is 125 Å². The summed E-state index contributed by atoms with van der Waals surface area (Å²) in [5, 5.41) is 9.33. The van der Waals surface area contributed by atoms with E-state index in [1.807, 2.05) is 6.07 Å². The third-order valence-corrected chi connectivity index (χ3v) is 4.74. The van der Waals surface area contributed by atoms with E-state index >= 15 is 0 Å². The number of ether oxygens (including phenoxy) is 2. The Balaban J connectivity index is 2.02. The van der Waals surface area contributed by atoms with Crippen molar-refractivity contribution in [1.29, 1.82) is 5.26 Å². The Morgan fingerprint density at radius 2 is 2.00 bits per heavy atom. The molecule has 2 atom stereocenters. The summed E-state index contributed by atoms with van der Waals surface area (Å²) < 4.78 is 10.8. The summed E-state index contributed by atoms with van der Waals surface area (Å²) in [6, 6.07) is 6.60. The van der Waals surface area contributed by atoms with Gasteiger partial charge < -0.3 is 15.2 Å². The quantitative estimate of drug-likeness (QED) is 0.895. The standard InChI is InChI=1S/C16H21N3O2/c1-20-14-7-11-3-5-19-6-4-16(18,10-17)9-13(19)12(11)8-15(14)21-2/h7-8,13H,3-6,9,18H2,1-2H3/t13-,16+/m0/s1. The van der Waals surface area contributed by atoms with Crippen molar-refractivity contribution in [3.05, 3.63) is 23.3 Å². The Morgan fingerprint density at radius 3 is 2.67 bits per heavy atom. The Hall–Kier alpha value is -1.77. The first kappa shape index (κ1) is 14.2. The molecule has 0 aromatic heterocycles. The van der Waals surface area contributed by atoms with Crippen LogP contribution in [0.15, 0.2) is 12.1 Å². The molecule has 21 heavy (non-hydrogen) atoms. The molecule has 0 unspecified atom stereocenters. The molecule has 1 saturated heterocycles. The lowest BCUT2D eigenvalue weighted by Crippen LogP contribution is -2.52. The molecule has 3 rings (SSSR count). The zero-order valence-corrected chi connectivity index (χ0v) is 12.6. The minimum atomic E-state index is -0.719. The van der Waals surface area contributed by atoms with Gasteiger partial charge in [0.25, 0.3) is 0 Å². The molecule has 0 amide bonds. The van der Waals surface area contributed by atoms with Crippen molar-refractivity contribution in [3.8, 4) is 17.6 Å². The molecule has 112 valence electrons. The number of nitrogens with zero attached hydrogens (tertiary/aromatic N) is 2. The van der Waals surface area contributed by atoms with Crippen LogP contribution in [0, 0.1) is 11.3 Å². The number of hydrogen-bond donors (Lipinski definition) is 1. The normalized spacial score (nSPS) is 28.2. The molecule has 1 aromatic rings. The zero-order valence-electron chi connectivity index (χ0n) is 12.6. The van der Waals surface area contributed by atoms with Gasteiger partial charge in [-0.1, -0.05) is 0 Å². The highest BCUT2D eigenvalue weighted by atomic mass is 16.5. The van der Waals surface area contributed by atoms with Gasteiger partial charge in [0.05, 0.1) is 20.3 Å². The van der Waals surface area contributed by atoms with Crippen LogP contribution in [0.1, 0.15) is 30.0 Å². The smallest absolute Gasteiger partial charge is 0.161 e. The topological polar surface area (TPSA) is 71.5 Å². The maximum atomic E-state index is 9.33. The summed E-state index contributed by atoms with van der Waals surface area (Å²) in [5.74, 6) is 1.50. The highest BCUT2D eigenvalue weighted by molar-refractivity contribution is 5.49. The van der Waals surface area contributed by atoms with E-state index in [1.54, 1.807) is 14.2 Å². The van der Waals surface area contributed by atoms with Crippen LogP contribution in [-0.2, 0) is 6.42 Å². The van der Waals surface area contributed by atoms with Crippen LogP contribution in [0.3, 0.4) is 0 Å². The Morgan fingerprint density at radius 1 is 1.29 bits per heavy atom. The van der Waals surface area contributed by atoms with Gasteiger partial charge >= 0.3 is 0 Å². The second-order valence-corrected chi connectivity index (χ2v) is 5.93. The van der Waals surface area contributed by atoms with E-state index in [0.717, 1.165) is 37.4 Å². The summed E-state index contributed by atoms with van der Waals surface area (Å²) in [6.07, 6.45) is 2.41. The molecule has 2 heterocycles. The summed E-state index contributed by atoms with van der Waals surface area (Å²) in [6.45, 7) is 1.89. The number of fused-ring (bicyclic) bond motifs is 3. The molecule has 2 N–H and O–H groups in total. The summed E-state index contributed by atoms with van der Waals surface area (Å²) in [5.41, 5.74) is 7.99. The SMILES string of the molecule is COc1cc2c(cc1OC)[C@@H]1C[C@@](N)(C#N)CCN1CC2. The average molecular weight is 287 g/mol. The predicted molar refractivity (Wildman–Crippen MR) is 79.3 cm³/mol. The van der Waals surface area contributed by atoms with Gasteiger partial charge in [-0.2, -0.15) is 5.26 Å². The predicted octanol–water partition coefficient (Wildman–Crippen LogP) is 1.62. The van der Waals surface area contributed by atoms with Gasteiger partial charge in [-0.05, 0) is 42.5 Å².